The smallest absolute Gasteiger partial charge is 0.0817 e. The van der Waals surface area contributed by atoms with Crippen molar-refractivity contribution in [2.24, 2.45) is 11.1 Å². The molecule has 0 aliphatic carbocycles. The molecule has 0 saturated carbocycles. The van der Waals surface area contributed by atoms with Crippen LogP contribution in [0.2, 0.25) is 0 Å². The lowest BCUT2D eigenvalue weighted by atomic mass is 9.74. The zero-order valence-corrected chi connectivity index (χ0v) is 8.15. The van der Waals surface area contributed by atoms with E-state index in [4.69, 9.17) is 5.73 Å². The van der Waals surface area contributed by atoms with Crippen LogP contribution in [0, 0.1) is 5.41 Å². The van der Waals surface area contributed by atoms with E-state index in [1.807, 2.05) is 20.8 Å². The van der Waals surface area contributed by atoms with Crippen LogP contribution in [0.5, 0.6) is 0 Å². The molecule has 0 radical (unpaired) electrons. The Balaban J connectivity index is 4.33. The van der Waals surface area contributed by atoms with Crippen molar-refractivity contribution in [3.05, 3.63) is 0 Å². The second kappa shape index (κ2) is 3.55. The lowest BCUT2D eigenvalue weighted by Gasteiger charge is -2.39. The van der Waals surface area contributed by atoms with Gasteiger partial charge >= 0.3 is 0 Å². The summed E-state index contributed by atoms with van der Waals surface area (Å²) in [7, 11) is 0. The van der Waals surface area contributed by atoms with Crippen LogP contribution in [0.3, 0.4) is 0 Å². The summed E-state index contributed by atoms with van der Waals surface area (Å²) in [5.41, 5.74) is 4.72. The minimum atomic E-state index is -0.693. The molecule has 0 saturated heterocycles. The second-order valence-corrected chi connectivity index (χ2v) is 4.24. The van der Waals surface area contributed by atoms with E-state index in [1.54, 1.807) is 0 Å². The standard InChI is InChI=1S/C9H21NO/c1-5-6-9(11,7-10)8(2,3)4/h11H,5-7,10H2,1-4H3. The summed E-state index contributed by atoms with van der Waals surface area (Å²) in [5.74, 6) is 0. The summed E-state index contributed by atoms with van der Waals surface area (Å²) in [6.07, 6.45) is 1.76. The maximum Gasteiger partial charge on any atom is 0.0817 e. The molecule has 0 amide bonds. The van der Waals surface area contributed by atoms with Crippen molar-refractivity contribution < 1.29 is 5.11 Å². The average Bonchev–Trinajstić information content (AvgIpc) is 1.86. The molecule has 0 aromatic carbocycles. The molecule has 0 aliphatic heterocycles. The lowest BCUT2D eigenvalue weighted by molar-refractivity contribution is -0.0566. The van der Waals surface area contributed by atoms with Crippen molar-refractivity contribution in [1.29, 1.82) is 0 Å². The van der Waals surface area contributed by atoms with E-state index >= 15 is 0 Å². The number of aliphatic hydroxyl groups is 1. The van der Waals surface area contributed by atoms with Gasteiger partial charge in [0.1, 0.15) is 0 Å². The average molecular weight is 159 g/mol. The molecular weight excluding hydrogens is 138 g/mol. The van der Waals surface area contributed by atoms with E-state index in [0.29, 0.717) is 6.54 Å². The van der Waals surface area contributed by atoms with Gasteiger partial charge in [-0.05, 0) is 11.8 Å². The van der Waals surface area contributed by atoms with E-state index in [1.165, 1.54) is 0 Å². The monoisotopic (exact) mass is 159 g/mol. The van der Waals surface area contributed by atoms with E-state index in [-0.39, 0.29) is 5.41 Å². The summed E-state index contributed by atoms with van der Waals surface area (Å²) in [4.78, 5) is 0. The molecule has 0 aromatic rings. The van der Waals surface area contributed by atoms with Crippen LogP contribution in [0.1, 0.15) is 40.5 Å². The van der Waals surface area contributed by atoms with Crippen LogP contribution in [-0.4, -0.2) is 17.3 Å². The van der Waals surface area contributed by atoms with Crippen molar-refractivity contribution in [2.75, 3.05) is 6.54 Å². The van der Waals surface area contributed by atoms with Crippen molar-refractivity contribution in [1.82, 2.24) is 0 Å². The van der Waals surface area contributed by atoms with Gasteiger partial charge in [0.15, 0.2) is 0 Å². The first-order chi connectivity index (χ1) is 4.87. The highest BCUT2D eigenvalue weighted by Gasteiger charge is 2.37. The molecule has 0 heterocycles. The molecule has 68 valence electrons. The summed E-state index contributed by atoms with van der Waals surface area (Å²) in [5, 5.41) is 10.0. The van der Waals surface area contributed by atoms with Crippen LogP contribution in [0.15, 0.2) is 0 Å². The fraction of sp³-hybridized carbons (Fsp3) is 1.00. The Bertz CT molecular complexity index is 117. The Morgan fingerprint density at radius 3 is 1.82 bits per heavy atom. The highest BCUT2D eigenvalue weighted by atomic mass is 16.3. The molecular formula is C9H21NO. The third kappa shape index (κ3) is 2.46. The van der Waals surface area contributed by atoms with Crippen molar-refractivity contribution >= 4 is 0 Å². The molecule has 0 fully saturated rings. The highest BCUT2D eigenvalue weighted by molar-refractivity contribution is 4.90. The summed E-state index contributed by atoms with van der Waals surface area (Å²) in [6, 6.07) is 0. The van der Waals surface area contributed by atoms with Crippen molar-refractivity contribution in [3.63, 3.8) is 0 Å². The molecule has 1 unspecified atom stereocenters. The molecule has 2 nitrogen and oxygen atoms in total. The highest BCUT2D eigenvalue weighted by Crippen LogP contribution is 2.32. The van der Waals surface area contributed by atoms with Crippen molar-refractivity contribution in [2.45, 2.75) is 46.1 Å². The zero-order chi connectivity index (χ0) is 9.12. The molecule has 3 N–H and O–H groups in total. The van der Waals surface area contributed by atoms with Gasteiger partial charge in [0, 0.05) is 6.54 Å². The zero-order valence-electron chi connectivity index (χ0n) is 8.15. The Kier molecular flexibility index (Phi) is 3.52. The summed E-state index contributed by atoms with van der Waals surface area (Å²) < 4.78 is 0. The molecule has 1 atom stereocenters. The second-order valence-electron chi connectivity index (χ2n) is 4.24. The maximum atomic E-state index is 10.0. The first-order valence-corrected chi connectivity index (χ1v) is 4.30. The molecule has 0 bridgehead atoms. The Morgan fingerprint density at radius 2 is 1.73 bits per heavy atom. The number of nitrogens with two attached hydrogens (primary N) is 1. The fourth-order valence-electron chi connectivity index (χ4n) is 1.20. The maximum absolute atomic E-state index is 10.0. The Morgan fingerprint density at radius 1 is 1.27 bits per heavy atom. The number of rotatable bonds is 3. The minimum absolute atomic E-state index is 0.113. The van der Waals surface area contributed by atoms with Crippen molar-refractivity contribution in [3.8, 4) is 0 Å². The minimum Gasteiger partial charge on any atom is -0.388 e. The Labute approximate surface area is 69.8 Å². The number of hydrogen-bond acceptors (Lipinski definition) is 2. The largest absolute Gasteiger partial charge is 0.388 e. The topological polar surface area (TPSA) is 46.2 Å². The van der Waals surface area contributed by atoms with E-state index < -0.39 is 5.60 Å². The molecule has 0 aromatic heterocycles. The van der Waals surface area contributed by atoms with Gasteiger partial charge in [0.25, 0.3) is 0 Å². The third-order valence-corrected chi connectivity index (χ3v) is 2.40. The first-order valence-electron chi connectivity index (χ1n) is 4.30. The van der Waals surface area contributed by atoms with Gasteiger partial charge in [-0.15, -0.1) is 0 Å². The van der Waals surface area contributed by atoms with Crippen LogP contribution in [0.4, 0.5) is 0 Å². The van der Waals surface area contributed by atoms with Gasteiger partial charge in [0.2, 0.25) is 0 Å². The lowest BCUT2D eigenvalue weighted by Crippen LogP contribution is -2.48. The van der Waals surface area contributed by atoms with Gasteiger partial charge in [-0.1, -0.05) is 34.1 Å². The Hall–Kier alpha value is -0.0800. The quantitative estimate of drug-likeness (QED) is 0.656. The first kappa shape index (κ1) is 10.9. The van der Waals surface area contributed by atoms with Crippen LogP contribution < -0.4 is 5.73 Å². The van der Waals surface area contributed by atoms with E-state index in [2.05, 4.69) is 6.92 Å². The van der Waals surface area contributed by atoms with Crippen LogP contribution in [-0.2, 0) is 0 Å². The molecule has 2 heteroatoms. The molecule has 11 heavy (non-hydrogen) atoms. The molecule has 0 spiro atoms. The predicted molar refractivity (Wildman–Crippen MR) is 48.4 cm³/mol. The number of hydrogen-bond donors (Lipinski definition) is 2. The third-order valence-electron chi connectivity index (χ3n) is 2.40. The summed E-state index contributed by atoms with van der Waals surface area (Å²) >= 11 is 0. The van der Waals surface area contributed by atoms with E-state index in [9.17, 15) is 5.11 Å². The molecule has 0 rings (SSSR count). The normalized spacial score (nSPS) is 18.0. The summed E-state index contributed by atoms with van der Waals surface area (Å²) in [6.45, 7) is 8.48. The predicted octanol–water partition coefficient (Wildman–Crippen LogP) is 1.52. The van der Waals surface area contributed by atoms with Gasteiger partial charge in [-0.2, -0.15) is 0 Å². The fourth-order valence-corrected chi connectivity index (χ4v) is 1.20. The molecule has 0 aliphatic rings. The van der Waals surface area contributed by atoms with E-state index in [0.717, 1.165) is 12.8 Å². The van der Waals surface area contributed by atoms with Crippen LogP contribution >= 0.6 is 0 Å². The van der Waals surface area contributed by atoms with Gasteiger partial charge in [-0.25, -0.2) is 0 Å². The van der Waals surface area contributed by atoms with Gasteiger partial charge in [-0.3, -0.25) is 0 Å². The van der Waals surface area contributed by atoms with Gasteiger partial charge in [0.05, 0.1) is 5.60 Å². The SMILES string of the molecule is CCCC(O)(CN)C(C)(C)C. The van der Waals surface area contributed by atoms with Gasteiger partial charge < -0.3 is 10.8 Å². The van der Waals surface area contributed by atoms with Crippen LogP contribution in [0.25, 0.3) is 0 Å².